The van der Waals surface area contributed by atoms with Crippen LogP contribution in [-0.4, -0.2) is 38.6 Å². The number of carboxylic acid groups (broad SMARTS) is 2. The van der Waals surface area contributed by atoms with Gasteiger partial charge in [0.25, 0.3) is 0 Å². The number of benzene rings is 1. The molecule has 1 aliphatic rings. The molecule has 3 rings (SSSR count). The Morgan fingerprint density at radius 3 is 2.38 bits per heavy atom. The van der Waals surface area contributed by atoms with Gasteiger partial charge in [-0.1, -0.05) is 24.3 Å². The summed E-state index contributed by atoms with van der Waals surface area (Å²) in [6, 6.07) is 7.52. The van der Waals surface area contributed by atoms with Gasteiger partial charge in [0.05, 0.1) is 16.2 Å². The number of hydrogen-bond donors (Lipinski definition) is 3. The van der Waals surface area contributed by atoms with Crippen LogP contribution >= 0.6 is 11.3 Å². The SMILES string of the molecule is CC1(C(=O)O)C=CC(C(=O)c2sccc2Cc2ccc(F)cc2)C(O)(C(=O)O)C1. The Morgan fingerprint density at radius 2 is 1.79 bits per heavy atom. The van der Waals surface area contributed by atoms with Crippen LogP contribution in [0.1, 0.15) is 34.1 Å². The molecular formula is C21H19FO6S. The molecule has 152 valence electrons. The number of carbonyl (C=O) groups excluding carboxylic acids is 1. The van der Waals surface area contributed by atoms with Gasteiger partial charge in [-0.15, -0.1) is 11.3 Å². The summed E-state index contributed by atoms with van der Waals surface area (Å²) in [4.78, 5) is 36.8. The second-order valence-corrected chi connectivity index (χ2v) is 8.32. The zero-order valence-corrected chi connectivity index (χ0v) is 16.3. The predicted molar refractivity (Wildman–Crippen MR) is 103 cm³/mol. The van der Waals surface area contributed by atoms with Gasteiger partial charge < -0.3 is 15.3 Å². The van der Waals surface area contributed by atoms with Crippen molar-refractivity contribution in [3.8, 4) is 0 Å². The van der Waals surface area contributed by atoms with E-state index in [0.717, 1.165) is 16.9 Å². The largest absolute Gasteiger partial charge is 0.481 e. The van der Waals surface area contributed by atoms with Crippen LogP contribution in [0, 0.1) is 17.2 Å². The Labute approximate surface area is 169 Å². The minimum atomic E-state index is -2.55. The normalized spacial score (nSPS) is 26.2. The van der Waals surface area contributed by atoms with Crippen molar-refractivity contribution < 1.29 is 34.1 Å². The molecule has 3 N–H and O–H groups in total. The maximum Gasteiger partial charge on any atom is 0.336 e. The molecule has 0 fully saturated rings. The quantitative estimate of drug-likeness (QED) is 0.491. The molecule has 3 unspecified atom stereocenters. The lowest BCUT2D eigenvalue weighted by Crippen LogP contribution is -2.54. The molecule has 6 nitrogen and oxygen atoms in total. The van der Waals surface area contributed by atoms with Crippen molar-refractivity contribution in [2.45, 2.75) is 25.4 Å². The summed E-state index contributed by atoms with van der Waals surface area (Å²) in [5.74, 6) is -5.32. The van der Waals surface area contributed by atoms with Gasteiger partial charge in [0.1, 0.15) is 5.82 Å². The van der Waals surface area contributed by atoms with Gasteiger partial charge in [-0.3, -0.25) is 9.59 Å². The Kier molecular flexibility index (Phi) is 5.42. The number of rotatable bonds is 6. The van der Waals surface area contributed by atoms with Crippen molar-refractivity contribution in [2.75, 3.05) is 0 Å². The van der Waals surface area contributed by atoms with Gasteiger partial charge in [-0.2, -0.15) is 0 Å². The first-order chi connectivity index (χ1) is 13.6. The minimum absolute atomic E-state index is 0.280. The van der Waals surface area contributed by atoms with Gasteiger partial charge in [-0.25, -0.2) is 9.18 Å². The Morgan fingerprint density at radius 1 is 1.14 bits per heavy atom. The van der Waals surface area contributed by atoms with E-state index >= 15 is 0 Å². The molecule has 2 aromatic rings. The number of hydrogen-bond acceptors (Lipinski definition) is 5. The van der Waals surface area contributed by atoms with E-state index in [4.69, 9.17) is 0 Å². The highest BCUT2D eigenvalue weighted by Gasteiger charge is 2.55. The van der Waals surface area contributed by atoms with Crippen LogP contribution < -0.4 is 0 Å². The van der Waals surface area contributed by atoms with Gasteiger partial charge in [-0.05, 0) is 48.1 Å². The van der Waals surface area contributed by atoms with E-state index in [-0.39, 0.29) is 10.7 Å². The highest BCUT2D eigenvalue weighted by Crippen LogP contribution is 2.42. The number of halogens is 1. The molecule has 1 aliphatic carbocycles. The molecule has 3 atom stereocenters. The van der Waals surface area contributed by atoms with Crippen LogP contribution in [0.25, 0.3) is 0 Å². The van der Waals surface area contributed by atoms with Crippen molar-refractivity contribution >= 4 is 29.1 Å². The first-order valence-electron chi connectivity index (χ1n) is 8.80. The number of Topliss-reactive ketones (excluding diaryl/α,β-unsaturated/α-hetero) is 1. The fourth-order valence-electron chi connectivity index (χ4n) is 3.51. The summed E-state index contributed by atoms with van der Waals surface area (Å²) in [7, 11) is 0. The van der Waals surface area contributed by atoms with E-state index in [1.807, 2.05) is 0 Å². The van der Waals surface area contributed by atoms with Crippen LogP contribution in [0.15, 0.2) is 47.9 Å². The molecule has 0 spiro atoms. The maximum absolute atomic E-state index is 13.2. The Bertz CT molecular complexity index is 995. The Hall–Kier alpha value is -2.84. The fourth-order valence-corrected chi connectivity index (χ4v) is 4.41. The van der Waals surface area contributed by atoms with Gasteiger partial charge in [0.2, 0.25) is 0 Å². The van der Waals surface area contributed by atoms with E-state index in [9.17, 15) is 34.1 Å². The monoisotopic (exact) mass is 418 g/mol. The molecular weight excluding hydrogens is 399 g/mol. The van der Waals surface area contributed by atoms with E-state index in [2.05, 4.69) is 0 Å². The number of aliphatic carboxylic acids is 2. The van der Waals surface area contributed by atoms with Crippen molar-refractivity contribution in [3.05, 3.63) is 69.7 Å². The molecule has 1 aromatic carbocycles. The number of ketones is 1. The Balaban J connectivity index is 1.95. The van der Waals surface area contributed by atoms with Crippen molar-refractivity contribution in [3.63, 3.8) is 0 Å². The summed E-state index contributed by atoms with van der Waals surface area (Å²) >= 11 is 1.11. The molecule has 8 heteroatoms. The highest BCUT2D eigenvalue weighted by molar-refractivity contribution is 7.12. The van der Waals surface area contributed by atoms with E-state index in [0.29, 0.717) is 12.0 Å². The van der Waals surface area contributed by atoms with Crippen LogP contribution in [0.5, 0.6) is 0 Å². The molecule has 29 heavy (non-hydrogen) atoms. The van der Waals surface area contributed by atoms with E-state index in [1.54, 1.807) is 23.6 Å². The zero-order chi connectivity index (χ0) is 21.4. The molecule has 0 bridgehead atoms. The van der Waals surface area contributed by atoms with E-state index < -0.39 is 41.1 Å². The summed E-state index contributed by atoms with van der Waals surface area (Å²) in [5, 5.41) is 31.5. The van der Waals surface area contributed by atoms with Gasteiger partial charge >= 0.3 is 11.9 Å². The summed E-state index contributed by atoms with van der Waals surface area (Å²) in [6.45, 7) is 1.30. The predicted octanol–water partition coefficient (Wildman–Crippen LogP) is 3.14. The van der Waals surface area contributed by atoms with Crippen LogP contribution in [0.4, 0.5) is 4.39 Å². The number of thiophene rings is 1. The zero-order valence-electron chi connectivity index (χ0n) is 15.5. The topological polar surface area (TPSA) is 112 Å². The molecule has 0 amide bonds. The van der Waals surface area contributed by atoms with E-state index in [1.165, 1.54) is 31.2 Å². The van der Waals surface area contributed by atoms with Crippen molar-refractivity contribution in [2.24, 2.45) is 11.3 Å². The summed E-state index contributed by atoms with van der Waals surface area (Å²) in [5.41, 5.74) is -2.75. The number of carboxylic acids is 2. The second kappa shape index (κ2) is 7.53. The average Bonchev–Trinajstić information content (AvgIpc) is 3.11. The molecule has 0 saturated carbocycles. The highest BCUT2D eigenvalue weighted by atomic mass is 32.1. The van der Waals surface area contributed by atoms with Crippen LogP contribution in [0.3, 0.4) is 0 Å². The molecule has 0 radical (unpaired) electrons. The van der Waals surface area contributed by atoms with Gasteiger partial charge in [0, 0.05) is 6.42 Å². The molecule has 1 aromatic heterocycles. The third-order valence-electron chi connectivity index (χ3n) is 5.23. The lowest BCUT2D eigenvalue weighted by Gasteiger charge is -2.39. The van der Waals surface area contributed by atoms with Crippen LogP contribution in [0.2, 0.25) is 0 Å². The molecule has 1 heterocycles. The van der Waals surface area contributed by atoms with Crippen molar-refractivity contribution in [1.82, 2.24) is 0 Å². The number of aliphatic hydroxyl groups is 1. The standard InChI is InChI=1S/C21H19FO6S/c1-20(18(24)25)8-6-15(21(28,11-20)19(26)27)16(23)17-13(7-9-29-17)10-12-2-4-14(22)5-3-12/h2-9,15,28H,10-11H2,1H3,(H,24,25)(H,26,27). The number of carbonyl (C=O) groups is 3. The average molecular weight is 418 g/mol. The lowest BCUT2D eigenvalue weighted by molar-refractivity contribution is -0.169. The second-order valence-electron chi connectivity index (χ2n) is 7.41. The lowest BCUT2D eigenvalue weighted by atomic mass is 9.66. The van der Waals surface area contributed by atoms with Gasteiger partial charge in [0.15, 0.2) is 11.4 Å². The maximum atomic E-state index is 13.2. The third kappa shape index (κ3) is 3.86. The summed E-state index contributed by atoms with van der Waals surface area (Å²) in [6.07, 6.45) is 2.15. The van der Waals surface area contributed by atoms with Crippen molar-refractivity contribution in [1.29, 1.82) is 0 Å². The first-order valence-corrected chi connectivity index (χ1v) is 9.68. The first kappa shape index (κ1) is 20.9. The third-order valence-corrected chi connectivity index (χ3v) is 6.20. The smallest absolute Gasteiger partial charge is 0.336 e. The minimum Gasteiger partial charge on any atom is -0.481 e. The molecule has 0 aliphatic heterocycles. The fraction of sp³-hybridized carbons (Fsp3) is 0.286. The van der Waals surface area contributed by atoms with Crippen LogP contribution in [-0.2, 0) is 16.0 Å². The summed E-state index contributed by atoms with van der Waals surface area (Å²) < 4.78 is 13.1. The molecule has 0 saturated heterocycles.